The van der Waals surface area contributed by atoms with Gasteiger partial charge in [0, 0.05) is 12.6 Å². The van der Waals surface area contributed by atoms with Gasteiger partial charge in [0.15, 0.2) is 0 Å². The van der Waals surface area contributed by atoms with Crippen molar-refractivity contribution >= 4 is 17.2 Å². The van der Waals surface area contributed by atoms with Crippen LogP contribution in [0.25, 0.3) is 11.4 Å². The molecule has 0 spiro atoms. The summed E-state index contributed by atoms with van der Waals surface area (Å²) in [5.74, 6) is 0.993. The number of nitrogens with zero attached hydrogens (tertiary/aromatic N) is 3. The van der Waals surface area contributed by atoms with Crippen LogP contribution in [-0.2, 0) is 17.8 Å². The number of rotatable bonds is 5. The van der Waals surface area contributed by atoms with E-state index in [9.17, 15) is 4.79 Å². The van der Waals surface area contributed by atoms with Gasteiger partial charge in [0.2, 0.25) is 17.6 Å². The van der Waals surface area contributed by atoms with Crippen molar-refractivity contribution in [3.63, 3.8) is 0 Å². The zero-order valence-corrected chi connectivity index (χ0v) is 12.9. The molecule has 1 amide bonds. The largest absolute Gasteiger partial charge is 0.337 e. The molecule has 0 atom stereocenters. The molecule has 0 unspecified atom stereocenters. The molecule has 5 nitrogen and oxygen atoms in total. The fourth-order valence-electron chi connectivity index (χ4n) is 2.02. The van der Waals surface area contributed by atoms with Crippen LogP contribution in [0.1, 0.15) is 11.5 Å². The Bertz CT molecular complexity index is 738. The van der Waals surface area contributed by atoms with Gasteiger partial charge in [-0.15, -0.1) is 0 Å². The number of hydrogen-bond donors (Lipinski definition) is 0. The highest BCUT2D eigenvalue weighted by atomic mass is 32.1. The molecule has 0 aliphatic heterocycles. The average Bonchev–Trinajstić information content (AvgIpc) is 3.20. The van der Waals surface area contributed by atoms with Gasteiger partial charge in [0.1, 0.15) is 0 Å². The number of thiophene rings is 1. The second-order valence-corrected chi connectivity index (χ2v) is 5.72. The molecule has 3 rings (SSSR count). The highest BCUT2D eigenvalue weighted by Crippen LogP contribution is 2.15. The van der Waals surface area contributed by atoms with Crippen LogP contribution in [-0.4, -0.2) is 28.0 Å². The first-order chi connectivity index (χ1) is 10.7. The van der Waals surface area contributed by atoms with Crippen LogP contribution in [0.3, 0.4) is 0 Å². The predicted molar refractivity (Wildman–Crippen MR) is 84.2 cm³/mol. The van der Waals surface area contributed by atoms with E-state index in [4.69, 9.17) is 4.52 Å². The maximum Gasteiger partial charge on any atom is 0.246 e. The maximum atomic E-state index is 12.1. The van der Waals surface area contributed by atoms with Crippen LogP contribution >= 0.6 is 11.3 Å². The Morgan fingerprint density at radius 1 is 1.27 bits per heavy atom. The number of carbonyl (C=O) groups is 1. The topological polar surface area (TPSA) is 59.2 Å². The summed E-state index contributed by atoms with van der Waals surface area (Å²) in [7, 11) is 1.74. The van der Waals surface area contributed by atoms with Crippen LogP contribution in [0.15, 0.2) is 51.7 Å². The van der Waals surface area contributed by atoms with E-state index >= 15 is 0 Å². The van der Waals surface area contributed by atoms with Gasteiger partial charge in [-0.3, -0.25) is 4.79 Å². The average molecular weight is 313 g/mol. The molecule has 0 N–H and O–H groups in total. The third-order valence-corrected chi connectivity index (χ3v) is 3.97. The molecule has 0 saturated heterocycles. The number of likely N-dealkylation sites (N-methyl/N-ethyl adjacent to an activating group) is 1. The van der Waals surface area contributed by atoms with Crippen LogP contribution in [0.5, 0.6) is 0 Å². The van der Waals surface area contributed by atoms with Gasteiger partial charge in [-0.05, 0) is 22.4 Å². The smallest absolute Gasteiger partial charge is 0.246 e. The van der Waals surface area contributed by atoms with Crippen LogP contribution in [0.2, 0.25) is 0 Å². The van der Waals surface area contributed by atoms with Crippen molar-refractivity contribution in [3.8, 4) is 11.4 Å². The van der Waals surface area contributed by atoms with Crippen molar-refractivity contribution in [1.82, 2.24) is 15.0 Å². The molecule has 22 heavy (non-hydrogen) atoms. The first-order valence-electron chi connectivity index (χ1n) is 6.85. The lowest BCUT2D eigenvalue weighted by atomic mass is 10.2. The van der Waals surface area contributed by atoms with E-state index in [0.717, 1.165) is 11.1 Å². The number of hydrogen-bond acceptors (Lipinski definition) is 5. The summed E-state index contributed by atoms with van der Waals surface area (Å²) in [6.07, 6.45) is 0.389. The van der Waals surface area contributed by atoms with Gasteiger partial charge in [-0.25, -0.2) is 0 Å². The molecule has 112 valence electrons. The monoisotopic (exact) mass is 313 g/mol. The Hall–Kier alpha value is -2.47. The molecule has 0 radical (unpaired) electrons. The number of amides is 1. The Morgan fingerprint density at radius 3 is 2.82 bits per heavy atom. The summed E-state index contributed by atoms with van der Waals surface area (Å²) in [5.41, 5.74) is 1.92. The molecular formula is C16H15N3O2S. The molecule has 0 bridgehead atoms. The van der Waals surface area contributed by atoms with E-state index < -0.39 is 0 Å². The van der Waals surface area contributed by atoms with Gasteiger partial charge >= 0.3 is 0 Å². The lowest BCUT2D eigenvalue weighted by Gasteiger charge is -2.13. The number of carbonyl (C=O) groups excluding carboxylic acids is 1. The van der Waals surface area contributed by atoms with Crippen LogP contribution in [0.4, 0.5) is 0 Å². The van der Waals surface area contributed by atoms with Crippen LogP contribution < -0.4 is 0 Å². The van der Waals surface area contributed by atoms with E-state index in [2.05, 4.69) is 10.1 Å². The van der Waals surface area contributed by atoms with Crippen molar-refractivity contribution in [3.05, 3.63) is 58.6 Å². The second-order valence-electron chi connectivity index (χ2n) is 4.94. The minimum atomic E-state index is 0.0258. The van der Waals surface area contributed by atoms with Crippen molar-refractivity contribution in [1.29, 1.82) is 0 Å². The molecule has 0 fully saturated rings. The highest BCUT2D eigenvalue weighted by Gasteiger charge is 2.15. The molecule has 1 aromatic carbocycles. The number of benzene rings is 1. The highest BCUT2D eigenvalue weighted by molar-refractivity contribution is 7.07. The summed E-state index contributed by atoms with van der Waals surface area (Å²) in [6, 6.07) is 11.6. The zero-order chi connectivity index (χ0) is 15.4. The zero-order valence-electron chi connectivity index (χ0n) is 12.1. The molecular weight excluding hydrogens is 298 g/mol. The summed E-state index contributed by atoms with van der Waals surface area (Å²) in [4.78, 5) is 18.1. The first-order valence-corrected chi connectivity index (χ1v) is 7.79. The molecule has 2 aromatic heterocycles. The quantitative estimate of drug-likeness (QED) is 0.726. The van der Waals surface area contributed by atoms with Gasteiger partial charge in [-0.1, -0.05) is 35.5 Å². The molecule has 3 aromatic rings. The molecule has 0 saturated carbocycles. The third kappa shape index (κ3) is 3.40. The van der Waals surface area contributed by atoms with E-state index in [-0.39, 0.29) is 5.91 Å². The van der Waals surface area contributed by atoms with Crippen molar-refractivity contribution in [2.24, 2.45) is 0 Å². The van der Waals surface area contributed by atoms with E-state index in [1.54, 1.807) is 23.3 Å². The van der Waals surface area contributed by atoms with Gasteiger partial charge in [-0.2, -0.15) is 16.3 Å². The fraction of sp³-hybridized carbons (Fsp3) is 0.188. The summed E-state index contributed by atoms with van der Waals surface area (Å²) in [6.45, 7) is 0.308. The third-order valence-electron chi connectivity index (χ3n) is 3.23. The van der Waals surface area contributed by atoms with Gasteiger partial charge in [0.05, 0.1) is 13.0 Å². The van der Waals surface area contributed by atoms with Gasteiger partial charge < -0.3 is 9.42 Å². The van der Waals surface area contributed by atoms with Gasteiger partial charge in [0.25, 0.3) is 0 Å². The summed E-state index contributed by atoms with van der Waals surface area (Å²) >= 11 is 1.59. The Labute approximate surface area is 132 Å². The standard InChI is InChI=1S/C16H15N3O2S/c1-19(15(20)9-12-7-8-22-11-12)10-14-17-16(18-21-14)13-5-3-2-4-6-13/h2-8,11H,9-10H2,1H3. The van der Waals surface area contributed by atoms with Crippen molar-refractivity contribution in [2.75, 3.05) is 7.05 Å². The number of aromatic nitrogens is 2. The second kappa shape index (κ2) is 6.53. The Morgan fingerprint density at radius 2 is 2.09 bits per heavy atom. The maximum absolute atomic E-state index is 12.1. The first kappa shape index (κ1) is 14.5. The normalized spacial score (nSPS) is 10.6. The lowest BCUT2D eigenvalue weighted by molar-refractivity contribution is -0.130. The molecule has 0 aliphatic rings. The minimum Gasteiger partial charge on any atom is -0.337 e. The summed E-state index contributed by atoms with van der Waals surface area (Å²) in [5, 5.41) is 7.90. The minimum absolute atomic E-state index is 0.0258. The van der Waals surface area contributed by atoms with Crippen molar-refractivity contribution in [2.45, 2.75) is 13.0 Å². The summed E-state index contributed by atoms with van der Waals surface area (Å²) < 4.78 is 5.22. The fourth-order valence-corrected chi connectivity index (χ4v) is 2.69. The predicted octanol–water partition coefficient (Wildman–Crippen LogP) is 3.00. The van der Waals surface area contributed by atoms with E-state index in [1.165, 1.54) is 0 Å². The van der Waals surface area contributed by atoms with E-state index in [1.807, 2.05) is 47.2 Å². The molecule has 0 aliphatic carbocycles. The Kier molecular flexibility index (Phi) is 4.29. The SMILES string of the molecule is CN(Cc1nc(-c2ccccc2)no1)C(=O)Cc1ccsc1. The van der Waals surface area contributed by atoms with Crippen molar-refractivity contribution < 1.29 is 9.32 Å². The molecule has 6 heteroatoms. The van der Waals surface area contributed by atoms with E-state index in [0.29, 0.717) is 24.7 Å². The Balaban J connectivity index is 1.63. The lowest BCUT2D eigenvalue weighted by Crippen LogP contribution is -2.27. The van der Waals surface area contributed by atoms with Crippen LogP contribution in [0, 0.1) is 0 Å². The molecule has 2 heterocycles.